The molecule has 1 amide bonds. The lowest BCUT2D eigenvalue weighted by Gasteiger charge is -2.09. The summed E-state index contributed by atoms with van der Waals surface area (Å²) in [5.74, 6) is 1.52. The van der Waals surface area contributed by atoms with E-state index in [4.69, 9.17) is 4.74 Å². The van der Waals surface area contributed by atoms with Crippen LogP contribution < -0.4 is 10.1 Å². The zero-order chi connectivity index (χ0) is 21.3. The Labute approximate surface area is 186 Å². The second-order valence-corrected chi connectivity index (χ2v) is 8.02. The van der Waals surface area contributed by atoms with Crippen LogP contribution in [0.4, 0.5) is 0 Å². The fourth-order valence-corrected chi connectivity index (χ4v) is 3.77. The van der Waals surface area contributed by atoms with Crippen LogP contribution in [0, 0.1) is 0 Å². The van der Waals surface area contributed by atoms with Gasteiger partial charge in [-0.1, -0.05) is 30.3 Å². The molecule has 1 heterocycles. The molecule has 0 fully saturated rings. The van der Waals surface area contributed by atoms with Crippen LogP contribution in [0.5, 0.6) is 5.75 Å². The van der Waals surface area contributed by atoms with Gasteiger partial charge in [-0.15, -0.1) is 11.8 Å². The van der Waals surface area contributed by atoms with Crippen LogP contribution in [0.1, 0.15) is 15.9 Å². The number of nitrogens with one attached hydrogen (secondary N) is 1. The number of hydrogen-bond donors (Lipinski definition) is 1. The number of hydrogen-bond acceptors (Lipinski definition) is 4. The molecule has 31 heavy (non-hydrogen) atoms. The fourth-order valence-electron chi connectivity index (χ4n) is 3.02. The highest BCUT2D eigenvalue weighted by Crippen LogP contribution is 2.18. The number of carbonyl (C=O) groups excluding carboxylic acids is 1. The van der Waals surface area contributed by atoms with E-state index in [1.54, 1.807) is 36.4 Å². The maximum Gasteiger partial charge on any atom is 0.251 e. The zero-order valence-electron chi connectivity index (χ0n) is 17.0. The van der Waals surface area contributed by atoms with E-state index in [0.29, 0.717) is 18.7 Å². The van der Waals surface area contributed by atoms with Gasteiger partial charge in [0.15, 0.2) is 0 Å². The molecule has 0 bridgehead atoms. The molecule has 0 aliphatic carbocycles. The first-order chi connectivity index (χ1) is 15.3. The Hall–Kier alpha value is -3.51. The van der Waals surface area contributed by atoms with Crippen molar-refractivity contribution in [1.82, 2.24) is 14.9 Å². The number of carbonyl (C=O) groups is 1. The summed E-state index contributed by atoms with van der Waals surface area (Å²) in [6.45, 7) is 1.08. The number of nitrogens with zero attached hydrogens (tertiary/aromatic N) is 2. The topological polar surface area (TPSA) is 56.2 Å². The summed E-state index contributed by atoms with van der Waals surface area (Å²) >= 11 is 1.76. The summed E-state index contributed by atoms with van der Waals surface area (Å²) in [6.07, 6.45) is 5.40. The van der Waals surface area contributed by atoms with Crippen LogP contribution in [0.2, 0.25) is 0 Å². The minimum Gasteiger partial charge on any atom is -0.493 e. The van der Waals surface area contributed by atoms with Gasteiger partial charge in [0, 0.05) is 40.8 Å². The molecular weight excluding hydrogens is 406 g/mol. The van der Waals surface area contributed by atoms with Crippen molar-refractivity contribution in [2.45, 2.75) is 11.4 Å². The molecule has 0 unspecified atom stereocenters. The van der Waals surface area contributed by atoms with Crippen molar-refractivity contribution in [1.29, 1.82) is 0 Å². The third kappa shape index (κ3) is 5.99. The lowest BCUT2D eigenvalue weighted by molar-refractivity contribution is 0.0951. The Kier molecular flexibility index (Phi) is 7.03. The van der Waals surface area contributed by atoms with Gasteiger partial charge < -0.3 is 14.6 Å². The minimum absolute atomic E-state index is 0.107. The molecule has 0 saturated carbocycles. The molecule has 1 aromatic heterocycles. The maximum atomic E-state index is 12.4. The molecule has 0 aliphatic rings. The van der Waals surface area contributed by atoms with Gasteiger partial charge in [-0.2, -0.15) is 0 Å². The molecule has 0 aliphatic heterocycles. The first-order valence-electron chi connectivity index (χ1n) is 10.0. The molecular formula is C25H23N3O2S. The van der Waals surface area contributed by atoms with Crippen molar-refractivity contribution in [3.05, 3.63) is 109 Å². The van der Waals surface area contributed by atoms with Crippen LogP contribution in [-0.2, 0) is 6.54 Å². The lowest BCUT2D eigenvalue weighted by Crippen LogP contribution is -2.22. The largest absolute Gasteiger partial charge is 0.493 e. The summed E-state index contributed by atoms with van der Waals surface area (Å²) in [7, 11) is 0. The standard InChI is InChI=1S/C25H23N3O2S/c29-25(27-18-20-6-10-22(11-7-20)28-15-14-26-19-28)21-8-12-23(13-9-21)30-16-17-31-24-4-2-1-3-5-24/h1-15,19H,16-18H2,(H,27,29). The quantitative estimate of drug-likeness (QED) is 0.301. The Balaban J connectivity index is 1.21. The van der Waals surface area contributed by atoms with E-state index in [-0.39, 0.29) is 5.91 Å². The van der Waals surface area contributed by atoms with E-state index in [1.807, 2.05) is 65.4 Å². The first kappa shape index (κ1) is 20.8. The van der Waals surface area contributed by atoms with Gasteiger partial charge in [-0.25, -0.2) is 4.98 Å². The molecule has 0 spiro atoms. The summed E-state index contributed by atoms with van der Waals surface area (Å²) in [5, 5.41) is 2.96. The highest BCUT2D eigenvalue weighted by Gasteiger charge is 2.06. The molecule has 3 aromatic carbocycles. The number of rotatable bonds is 9. The molecule has 6 heteroatoms. The highest BCUT2D eigenvalue weighted by atomic mass is 32.2. The van der Waals surface area contributed by atoms with E-state index in [2.05, 4.69) is 22.4 Å². The molecule has 156 valence electrons. The molecule has 1 N–H and O–H groups in total. The highest BCUT2D eigenvalue weighted by molar-refractivity contribution is 7.99. The fraction of sp³-hybridized carbons (Fsp3) is 0.120. The number of thioether (sulfide) groups is 1. The Bertz CT molecular complexity index is 1080. The predicted octanol–water partition coefficient (Wildman–Crippen LogP) is 4.97. The summed E-state index contributed by atoms with van der Waals surface area (Å²) < 4.78 is 7.71. The van der Waals surface area contributed by atoms with Crippen molar-refractivity contribution < 1.29 is 9.53 Å². The van der Waals surface area contributed by atoms with E-state index in [9.17, 15) is 4.79 Å². The van der Waals surface area contributed by atoms with Crippen LogP contribution in [0.3, 0.4) is 0 Å². The van der Waals surface area contributed by atoms with Crippen molar-refractivity contribution in [3.63, 3.8) is 0 Å². The van der Waals surface area contributed by atoms with Crippen molar-refractivity contribution in [2.24, 2.45) is 0 Å². The molecule has 0 radical (unpaired) electrons. The maximum absolute atomic E-state index is 12.4. The molecule has 0 atom stereocenters. The normalized spacial score (nSPS) is 10.6. The monoisotopic (exact) mass is 429 g/mol. The zero-order valence-corrected chi connectivity index (χ0v) is 17.8. The Morgan fingerprint density at radius 3 is 2.45 bits per heavy atom. The van der Waals surface area contributed by atoms with Gasteiger partial charge in [-0.3, -0.25) is 4.79 Å². The second kappa shape index (κ2) is 10.5. The summed E-state index contributed by atoms with van der Waals surface area (Å²) in [5.41, 5.74) is 2.68. The SMILES string of the molecule is O=C(NCc1ccc(-n2ccnc2)cc1)c1ccc(OCCSc2ccccc2)cc1. The number of imidazole rings is 1. The van der Waals surface area contributed by atoms with Gasteiger partial charge in [0.1, 0.15) is 5.75 Å². The Morgan fingerprint density at radius 1 is 0.968 bits per heavy atom. The molecule has 4 rings (SSSR count). The van der Waals surface area contributed by atoms with Crippen LogP contribution >= 0.6 is 11.8 Å². The first-order valence-corrected chi connectivity index (χ1v) is 11.0. The molecule has 5 nitrogen and oxygen atoms in total. The van der Waals surface area contributed by atoms with Crippen molar-refractivity contribution in [2.75, 3.05) is 12.4 Å². The molecule has 4 aromatic rings. The number of aromatic nitrogens is 2. The van der Waals surface area contributed by atoms with Gasteiger partial charge >= 0.3 is 0 Å². The average Bonchev–Trinajstić information content (AvgIpc) is 3.37. The van der Waals surface area contributed by atoms with Gasteiger partial charge in [-0.05, 0) is 54.1 Å². The van der Waals surface area contributed by atoms with Crippen LogP contribution in [0.25, 0.3) is 5.69 Å². The third-order valence-electron chi connectivity index (χ3n) is 4.67. The molecule has 0 saturated heterocycles. The van der Waals surface area contributed by atoms with Crippen LogP contribution in [-0.4, -0.2) is 27.8 Å². The number of ether oxygens (including phenoxy) is 1. The Morgan fingerprint density at radius 2 is 1.74 bits per heavy atom. The third-order valence-corrected chi connectivity index (χ3v) is 5.65. The van der Waals surface area contributed by atoms with Gasteiger partial charge in [0.25, 0.3) is 5.91 Å². The average molecular weight is 430 g/mol. The number of benzene rings is 3. The van der Waals surface area contributed by atoms with E-state index in [0.717, 1.165) is 22.8 Å². The lowest BCUT2D eigenvalue weighted by atomic mass is 10.1. The minimum atomic E-state index is -0.107. The second-order valence-electron chi connectivity index (χ2n) is 6.85. The van der Waals surface area contributed by atoms with Crippen molar-refractivity contribution >= 4 is 17.7 Å². The van der Waals surface area contributed by atoms with Gasteiger partial charge in [0.2, 0.25) is 0 Å². The van der Waals surface area contributed by atoms with E-state index in [1.165, 1.54) is 4.90 Å². The predicted molar refractivity (Wildman–Crippen MR) is 124 cm³/mol. The van der Waals surface area contributed by atoms with E-state index >= 15 is 0 Å². The van der Waals surface area contributed by atoms with E-state index < -0.39 is 0 Å². The van der Waals surface area contributed by atoms with Gasteiger partial charge in [0.05, 0.1) is 12.9 Å². The van der Waals surface area contributed by atoms with Crippen molar-refractivity contribution in [3.8, 4) is 11.4 Å². The number of amides is 1. The smallest absolute Gasteiger partial charge is 0.251 e. The summed E-state index contributed by atoms with van der Waals surface area (Å²) in [6, 6.07) is 25.5. The van der Waals surface area contributed by atoms with Crippen LogP contribution in [0.15, 0.2) is 102 Å². The summed E-state index contributed by atoms with van der Waals surface area (Å²) in [4.78, 5) is 17.7.